The molecule has 1 saturated heterocycles. The second kappa shape index (κ2) is 9.73. The van der Waals surface area contributed by atoms with Gasteiger partial charge in [-0.1, -0.05) is 48.0 Å². The topological polar surface area (TPSA) is 60.9 Å². The van der Waals surface area contributed by atoms with Crippen molar-refractivity contribution in [3.63, 3.8) is 0 Å². The summed E-state index contributed by atoms with van der Waals surface area (Å²) in [5.41, 5.74) is 2.93. The minimum atomic E-state index is -3.51. The van der Waals surface area contributed by atoms with Crippen LogP contribution in [0.15, 0.2) is 53.4 Å². The van der Waals surface area contributed by atoms with E-state index in [2.05, 4.69) is 0 Å². The van der Waals surface area contributed by atoms with E-state index in [4.69, 9.17) is 0 Å². The van der Waals surface area contributed by atoms with Crippen LogP contribution in [0.3, 0.4) is 0 Å². The quantitative estimate of drug-likeness (QED) is 0.679. The van der Waals surface area contributed by atoms with E-state index in [0.717, 1.165) is 16.7 Å². The summed E-state index contributed by atoms with van der Waals surface area (Å²) in [7, 11) is -3.51. The van der Waals surface area contributed by atoms with Gasteiger partial charge in [-0.05, 0) is 38.0 Å². The lowest BCUT2D eigenvalue weighted by Gasteiger charge is -2.35. The molecule has 0 radical (unpaired) electrons. The molecule has 0 aliphatic carbocycles. The highest BCUT2D eigenvalue weighted by Gasteiger charge is 2.30. The monoisotopic (exact) mass is 429 g/mol. The number of hydrogen-bond acceptors (Lipinski definition) is 4. The lowest BCUT2D eigenvalue weighted by Crippen LogP contribution is -2.51. The van der Waals surface area contributed by atoms with Crippen LogP contribution in [0.2, 0.25) is 0 Å². The van der Waals surface area contributed by atoms with Crippen molar-refractivity contribution in [1.82, 2.24) is 14.1 Å². The van der Waals surface area contributed by atoms with E-state index in [1.165, 1.54) is 4.31 Å². The molecule has 2 aromatic rings. The van der Waals surface area contributed by atoms with Crippen molar-refractivity contribution in [2.45, 2.75) is 32.2 Å². The summed E-state index contributed by atoms with van der Waals surface area (Å²) in [4.78, 5) is 17.0. The molecule has 0 unspecified atom stereocenters. The molecule has 2 aromatic carbocycles. The summed E-state index contributed by atoms with van der Waals surface area (Å²) in [6.45, 7) is 9.23. The summed E-state index contributed by atoms with van der Waals surface area (Å²) in [5.74, 6) is 0.0760. The molecule has 162 valence electrons. The first kappa shape index (κ1) is 22.5. The molecule has 1 heterocycles. The third-order valence-corrected chi connectivity index (χ3v) is 7.65. The van der Waals surface area contributed by atoms with Crippen LogP contribution in [0.1, 0.15) is 23.6 Å². The predicted molar refractivity (Wildman–Crippen MR) is 119 cm³/mol. The first-order chi connectivity index (χ1) is 14.3. The summed E-state index contributed by atoms with van der Waals surface area (Å²) in [5, 5.41) is 0. The van der Waals surface area contributed by atoms with Gasteiger partial charge in [0.15, 0.2) is 0 Å². The Hall–Kier alpha value is -2.22. The molecular formula is C23H31N3O3S. The van der Waals surface area contributed by atoms with E-state index < -0.39 is 10.0 Å². The van der Waals surface area contributed by atoms with Crippen LogP contribution in [-0.4, -0.2) is 67.7 Å². The smallest absolute Gasteiger partial charge is 0.243 e. The van der Waals surface area contributed by atoms with E-state index in [9.17, 15) is 13.2 Å². The Balaban J connectivity index is 1.57. The second-order valence-electron chi connectivity index (χ2n) is 7.84. The lowest BCUT2D eigenvalue weighted by molar-refractivity contribution is -0.133. The molecule has 6 nitrogen and oxygen atoms in total. The molecule has 3 rings (SSSR count). The van der Waals surface area contributed by atoms with Gasteiger partial charge in [0.25, 0.3) is 0 Å². The number of carbonyl (C=O) groups is 1. The molecule has 30 heavy (non-hydrogen) atoms. The van der Waals surface area contributed by atoms with Gasteiger partial charge in [-0.15, -0.1) is 0 Å². The number of hydrogen-bond donors (Lipinski definition) is 0. The molecule has 0 atom stereocenters. The van der Waals surface area contributed by atoms with E-state index in [-0.39, 0.29) is 5.91 Å². The van der Waals surface area contributed by atoms with Crippen LogP contribution in [0.5, 0.6) is 0 Å². The summed E-state index contributed by atoms with van der Waals surface area (Å²) < 4.78 is 27.6. The highest BCUT2D eigenvalue weighted by Crippen LogP contribution is 2.22. The van der Waals surface area contributed by atoms with Crippen molar-refractivity contribution in [2.24, 2.45) is 0 Å². The Morgan fingerprint density at radius 3 is 2.27 bits per heavy atom. The third kappa shape index (κ3) is 5.28. The molecule has 1 aliphatic heterocycles. The van der Waals surface area contributed by atoms with Gasteiger partial charge >= 0.3 is 0 Å². The fourth-order valence-electron chi connectivity index (χ4n) is 3.83. The molecule has 0 bridgehead atoms. The van der Waals surface area contributed by atoms with Gasteiger partial charge in [-0.3, -0.25) is 9.69 Å². The van der Waals surface area contributed by atoms with Crippen LogP contribution in [-0.2, 0) is 21.4 Å². The molecule has 1 aliphatic rings. The predicted octanol–water partition coefficient (Wildman–Crippen LogP) is 2.66. The number of rotatable bonds is 7. The van der Waals surface area contributed by atoms with Crippen LogP contribution in [0.4, 0.5) is 0 Å². The zero-order valence-electron chi connectivity index (χ0n) is 18.0. The van der Waals surface area contributed by atoms with Crippen LogP contribution in [0.25, 0.3) is 0 Å². The molecule has 0 spiro atoms. The van der Waals surface area contributed by atoms with Crippen molar-refractivity contribution in [3.05, 3.63) is 65.2 Å². The number of carbonyl (C=O) groups excluding carboxylic acids is 1. The maximum atomic E-state index is 13.0. The molecule has 1 amide bonds. The second-order valence-corrected chi connectivity index (χ2v) is 9.75. The van der Waals surface area contributed by atoms with Crippen molar-refractivity contribution >= 4 is 15.9 Å². The van der Waals surface area contributed by atoms with E-state index in [1.807, 2.05) is 73.0 Å². The average molecular weight is 430 g/mol. The third-order valence-electron chi connectivity index (χ3n) is 5.59. The van der Waals surface area contributed by atoms with Gasteiger partial charge in [-0.2, -0.15) is 4.31 Å². The van der Waals surface area contributed by atoms with Crippen LogP contribution < -0.4 is 0 Å². The number of nitrogens with zero attached hydrogens (tertiary/aromatic N) is 3. The zero-order valence-corrected chi connectivity index (χ0v) is 18.9. The largest absolute Gasteiger partial charge is 0.338 e. The Morgan fingerprint density at radius 2 is 1.67 bits per heavy atom. The van der Waals surface area contributed by atoms with Gasteiger partial charge in [0.2, 0.25) is 15.9 Å². The van der Waals surface area contributed by atoms with Crippen molar-refractivity contribution < 1.29 is 13.2 Å². The van der Waals surface area contributed by atoms with Gasteiger partial charge in [-0.25, -0.2) is 8.42 Å². The van der Waals surface area contributed by atoms with Crippen molar-refractivity contribution in [1.29, 1.82) is 0 Å². The summed E-state index contributed by atoms with van der Waals surface area (Å²) in [6, 6.07) is 15.4. The highest BCUT2D eigenvalue weighted by molar-refractivity contribution is 7.89. The summed E-state index contributed by atoms with van der Waals surface area (Å²) in [6.07, 6.45) is 0. The molecule has 0 saturated carbocycles. The highest BCUT2D eigenvalue weighted by atomic mass is 32.2. The van der Waals surface area contributed by atoms with E-state index in [1.54, 1.807) is 6.07 Å². The Kier molecular flexibility index (Phi) is 7.28. The first-order valence-electron chi connectivity index (χ1n) is 10.4. The fraction of sp³-hybridized carbons (Fsp3) is 0.435. The van der Waals surface area contributed by atoms with Crippen LogP contribution >= 0.6 is 0 Å². The van der Waals surface area contributed by atoms with Gasteiger partial charge in [0.1, 0.15) is 0 Å². The zero-order chi connectivity index (χ0) is 21.7. The van der Waals surface area contributed by atoms with Crippen molar-refractivity contribution in [3.8, 4) is 0 Å². The van der Waals surface area contributed by atoms with Crippen molar-refractivity contribution in [2.75, 3.05) is 39.3 Å². The normalized spacial score (nSPS) is 15.8. The molecular weight excluding hydrogens is 398 g/mol. The standard InChI is InChI=1S/C23H31N3O3S/c1-4-25(17-21-8-6-5-7-9-21)23(27)18-24-12-14-26(15-13-24)30(28,29)22-11-10-19(2)16-20(22)3/h5-11,16H,4,12-15,17-18H2,1-3H3. The number of likely N-dealkylation sites (N-methyl/N-ethyl adjacent to an activating group) is 1. The van der Waals surface area contributed by atoms with E-state index in [0.29, 0.717) is 50.7 Å². The van der Waals surface area contributed by atoms with Crippen LogP contribution in [0, 0.1) is 13.8 Å². The number of sulfonamides is 1. The Labute approximate surface area is 180 Å². The van der Waals surface area contributed by atoms with Gasteiger partial charge < -0.3 is 4.90 Å². The molecule has 1 fully saturated rings. The maximum absolute atomic E-state index is 13.0. The molecule has 7 heteroatoms. The molecule has 0 N–H and O–H groups in total. The van der Waals surface area contributed by atoms with Gasteiger partial charge in [0.05, 0.1) is 11.4 Å². The number of aryl methyl sites for hydroxylation is 2. The SMILES string of the molecule is CCN(Cc1ccccc1)C(=O)CN1CCN(S(=O)(=O)c2ccc(C)cc2C)CC1. The number of benzene rings is 2. The van der Waals surface area contributed by atoms with E-state index >= 15 is 0 Å². The number of piperazine rings is 1. The van der Waals surface area contributed by atoms with Gasteiger partial charge in [0, 0.05) is 39.3 Å². The Morgan fingerprint density at radius 1 is 1.00 bits per heavy atom. The number of amides is 1. The average Bonchev–Trinajstić information content (AvgIpc) is 2.72. The first-order valence-corrected chi connectivity index (χ1v) is 11.9. The lowest BCUT2D eigenvalue weighted by atomic mass is 10.2. The Bertz CT molecular complexity index is 968. The fourth-order valence-corrected chi connectivity index (χ4v) is 5.46. The maximum Gasteiger partial charge on any atom is 0.243 e. The summed E-state index contributed by atoms with van der Waals surface area (Å²) >= 11 is 0. The molecule has 0 aromatic heterocycles. The minimum absolute atomic E-state index is 0.0760. The minimum Gasteiger partial charge on any atom is -0.338 e.